The van der Waals surface area contributed by atoms with Crippen molar-refractivity contribution in [2.24, 2.45) is 5.92 Å². The zero-order valence-electron chi connectivity index (χ0n) is 26.5. The second-order valence-electron chi connectivity index (χ2n) is 13.3. The van der Waals surface area contributed by atoms with Crippen molar-refractivity contribution in [3.8, 4) is 11.8 Å². The van der Waals surface area contributed by atoms with Gasteiger partial charge in [-0.15, -0.1) is 0 Å². The molecule has 0 spiro atoms. The largest absolute Gasteiger partial charge is 0.490 e. The number of halogens is 1. The van der Waals surface area contributed by atoms with Crippen molar-refractivity contribution in [1.29, 1.82) is 5.26 Å². The van der Waals surface area contributed by atoms with E-state index >= 15 is 0 Å². The maximum absolute atomic E-state index is 12.9. The van der Waals surface area contributed by atoms with Gasteiger partial charge in [0.2, 0.25) is 0 Å². The van der Waals surface area contributed by atoms with Crippen LogP contribution in [0.3, 0.4) is 0 Å². The van der Waals surface area contributed by atoms with Gasteiger partial charge in [0, 0.05) is 57.9 Å². The molecule has 5 rings (SSSR count). The Morgan fingerprint density at radius 2 is 1.71 bits per heavy atom. The molecule has 3 fully saturated rings. The van der Waals surface area contributed by atoms with E-state index in [0.717, 1.165) is 90.2 Å². The first kappa shape index (κ1) is 32.8. The van der Waals surface area contributed by atoms with Crippen LogP contribution in [0, 0.1) is 17.2 Å². The summed E-state index contributed by atoms with van der Waals surface area (Å²) in [5.41, 5.74) is 0.282. The number of aromatic nitrogens is 2. The van der Waals surface area contributed by atoms with Crippen molar-refractivity contribution in [2.75, 3.05) is 50.7 Å². The zero-order valence-corrected chi connectivity index (χ0v) is 27.3. The van der Waals surface area contributed by atoms with Crippen molar-refractivity contribution in [3.63, 3.8) is 0 Å². The molecule has 1 saturated carbocycles. The Labute approximate surface area is 270 Å². The summed E-state index contributed by atoms with van der Waals surface area (Å²) in [6.45, 7) is 11.8. The van der Waals surface area contributed by atoms with Crippen LogP contribution in [0.15, 0.2) is 30.6 Å². The number of piperidine rings is 1. The maximum Gasteiger partial charge on any atom is 0.410 e. The quantitative estimate of drug-likeness (QED) is 0.452. The van der Waals surface area contributed by atoms with Gasteiger partial charge in [0.1, 0.15) is 28.9 Å². The lowest BCUT2D eigenvalue weighted by atomic mass is 9.93. The molecule has 1 aliphatic carbocycles. The van der Waals surface area contributed by atoms with Crippen molar-refractivity contribution < 1.29 is 19.1 Å². The summed E-state index contributed by atoms with van der Waals surface area (Å²) >= 11 is 6.12. The molecule has 0 atom stereocenters. The van der Waals surface area contributed by atoms with Gasteiger partial charge in [-0.2, -0.15) is 5.26 Å². The molecule has 1 aromatic heterocycles. The molecular weight excluding hydrogens is 594 g/mol. The molecule has 2 saturated heterocycles. The lowest BCUT2D eigenvalue weighted by molar-refractivity contribution is 0.0168. The van der Waals surface area contributed by atoms with Crippen LogP contribution in [-0.2, 0) is 4.74 Å². The maximum atomic E-state index is 12.9. The van der Waals surface area contributed by atoms with Gasteiger partial charge in [-0.3, -0.25) is 9.69 Å². The highest BCUT2D eigenvalue weighted by Crippen LogP contribution is 2.28. The van der Waals surface area contributed by atoms with Crippen LogP contribution < -0.4 is 15.0 Å². The summed E-state index contributed by atoms with van der Waals surface area (Å²) in [4.78, 5) is 40.8. The fraction of sp³-hybridized carbons (Fsp3) is 0.606. The fourth-order valence-corrected chi connectivity index (χ4v) is 6.40. The number of rotatable bonds is 7. The van der Waals surface area contributed by atoms with Gasteiger partial charge in [-0.1, -0.05) is 11.6 Å². The third-order valence-corrected chi connectivity index (χ3v) is 9.04. The van der Waals surface area contributed by atoms with Gasteiger partial charge in [-0.25, -0.2) is 14.8 Å². The minimum atomic E-state index is -0.465. The SMILES string of the molecule is CC(C)(C)OC(=O)N1CCC(CN2CCN(c3cnc(C(=O)N[C@H]4CC[C@H](Oc5ccc(C#N)c(Cl)c5)CC4)cn3)CC2)CC1. The molecule has 3 heterocycles. The molecule has 0 radical (unpaired) electrons. The summed E-state index contributed by atoms with van der Waals surface area (Å²) in [5, 5.41) is 12.5. The van der Waals surface area contributed by atoms with E-state index in [9.17, 15) is 9.59 Å². The number of hydrogen-bond donors (Lipinski definition) is 1. The van der Waals surface area contributed by atoms with Crippen LogP contribution in [0.2, 0.25) is 5.02 Å². The lowest BCUT2D eigenvalue weighted by Gasteiger charge is -2.39. The second-order valence-corrected chi connectivity index (χ2v) is 13.7. The molecule has 2 aliphatic heterocycles. The van der Waals surface area contributed by atoms with Gasteiger partial charge in [0.15, 0.2) is 0 Å². The predicted molar refractivity (Wildman–Crippen MR) is 172 cm³/mol. The number of nitrogens with zero attached hydrogens (tertiary/aromatic N) is 6. The molecule has 0 unspecified atom stereocenters. The third kappa shape index (κ3) is 9.21. The van der Waals surface area contributed by atoms with Crippen LogP contribution in [0.25, 0.3) is 0 Å². The minimum absolute atomic E-state index is 0.0406. The molecule has 3 aliphatic rings. The molecule has 1 aromatic carbocycles. The van der Waals surface area contributed by atoms with Crippen LogP contribution in [-0.4, -0.2) is 95.3 Å². The van der Waals surface area contributed by atoms with E-state index in [1.54, 1.807) is 30.6 Å². The Hall–Kier alpha value is -3.62. The van der Waals surface area contributed by atoms with Gasteiger partial charge in [0.05, 0.1) is 29.1 Å². The monoisotopic (exact) mass is 637 g/mol. The number of hydrogen-bond acceptors (Lipinski definition) is 9. The molecular formula is C33H44ClN7O4. The Morgan fingerprint density at radius 1 is 1.00 bits per heavy atom. The number of nitriles is 1. The Morgan fingerprint density at radius 3 is 2.31 bits per heavy atom. The summed E-state index contributed by atoms with van der Waals surface area (Å²) in [5.74, 6) is 1.81. The molecule has 2 aromatic rings. The van der Waals surface area contributed by atoms with E-state index in [4.69, 9.17) is 26.3 Å². The molecule has 11 nitrogen and oxygen atoms in total. The number of carbonyl (C=O) groups excluding carboxylic acids is 2. The molecule has 242 valence electrons. The number of ether oxygens (including phenoxy) is 2. The van der Waals surface area contributed by atoms with Gasteiger partial charge in [0.25, 0.3) is 5.91 Å². The number of carbonyl (C=O) groups is 2. The average Bonchev–Trinajstić information content (AvgIpc) is 3.02. The van der Waals surface area contributed by atoms with Crippen molar-refractivity contribution >= 4 is 29.4 Å². The Bertz CT molecular complexity index is 1350. The van der Waals surface area contributed by atoms with E-state index in [2.05, 4.69) is 31.2 Å². The highest BCUT2D eigenvalue weighted by molar-refractivity contribution is 6.31. The molecule has 2 amide bonds. The number of benzene rings is 1. The standard InChI is InChI=1S/C33H44ClN7O4/c1-33(2,3)45-32(43)41-12-10-23(11-13-41)22-39-14-16-40(17-15-39)30-21-36-29(20-37-30)31(42)38-25-5-8-26(9-6-25)44-27-7-4-24(19-35)28(34)18-27/h4,7,18,20-21,23,25-26H,5-6,8-17,22H2,1-3H3,(H,38,42)/t25-,26-. The van der Waals surface area contributed by atoms with Crippen LogP contribution in [0.1, 0.15) is 75.3 Å². The zero-order chi connectivity index (χ0) is 32.0. The normalized spacial score (nSPS) is 21.6. The summed E-state index contributed by atoms with van der Waals surface area (Å²) in [6.07, 6.45) is 8.32. The topological polar surface area (TPSA) is 124 Å². The van der Waals surface area contributed by atoms with E-state index in [0.29, 0.717) is 27.9 Å². The summed E-state index contributed by atoms with van der Waals surface area (Å²) in [7, 11) is 0. The first-order valence-electron chi connectivity index (χ1n) is 16.0. The lowest BCUT2D eigenvalue weighted by Crippen LogP contribution is -2.49. The Kier molecular flexibility index (Phi) is 10.7. The van der Waals surface area contributed by atoms with Crippen LogP contribution >= 0.6 is 11.6 Å². The average molecular weight is 638 g/mol. The van der Waals surface area contributed by atoms with Crippen molar-refractivity contribution in [1.82, 2.24) is 25.1 Å². The van der Waals surface area contributed by atoms with Crippen molar-refractivity contribution in [2.45, 2.75) is 77.0 Å². The molecule has 0 bridgehead atoms. The number of piperazine rings is 1. The number of likely N-dealkylation sites (tertiary alicyclic amines) is 1. The highest BCUT2D eigenvalue weighted by atomic mass is 35.5. The first-order valence-corrected chi connectivity index (χ1v) is 16.4. The molecule has 1 N–H and O–H groups in total. The first-order chi connectivity index (χ1) is 21.6. The van der Waals surface area contributed by atoms with E-state index < -0.39 is 5.60 Å². The summed E-state index contributed by atoms with van der Waals surface area (Å²) in [6, 6.07) is 7.22. The molecule has 12 heteroatoms. The smallest absolute Gasteiger partial charge is 0.410 e. The van der Waals surface area contributed by atoms with E-state index in [1.807, 2.05) is 25.7 Å². The number of nitrogens with one attached hydrogen (secondary N) is 1. The van der Waals surface area contributed by atoms with Gasteiger partial charge < -0.3 is 24.6 Å². The van der Waals surface area contributed by atoms with Crippen LogP contribution in [0.5, 0.6) is 5.75 Å². The number of amides is 2. The highest BCUT2D eigenvalue weighted by Gasteiger charge is 2.29. The number of anilines is 1. The second kappa shape index (κ2) is 14.6. The van der Waals surface area contributed by atoms with E-state index in [-0.39, 0.29) is 24.1 Å². The predicted octanol–water partition coefficient (Wildman–Crippen LogP) is 4.89. The van der Waals surface area contributed by atoms with Gasteiger partial charge in [-0.05, 0) is 77.3 Å². The van der Waals surface area contributed by atoms with Gasteiger partial charge >= 0.3 is 6.09 Å². The minimum Gasteiger partial charge on any atom is -0.490 e. The third-order valence-electron chi connectivity index (χ3n) is 8.72. The summed E-state index contributed by atoms with van der Waals surface area (Å²) < 4.78 is 11.6. The van der Waals surface area contributed by atoms with Crippen LogP contribution in [0.4, 0.5) is 10.6 Å². The fourth-order valence-electron chi connectivity index (χ4n) is 6.19. The van der Waals surface area contributed by atoms with Crippen molar-refractivity contribution in [3.05, 3.63) is 46.9 Å². The molecule has 45 heavy (non-hydrogen) atoms. The Balaban J connectivity index is 0.999. The van der Waals surface area contributed by atoms with E-state index in [1.165, 1.54) is 0 Å².